The maximum atomic E-state index is 11.8. The molecule has 34 heavy (non-hydrogen) atoms. The fourth-order valence-corrected chi connectivity index (χ4v) is 2.95. The number of aliphatic carboxylic acids is 1. The zero-order valence-corrected chi connectivity index (χ0v) is 18.4. The highest BCUT2D eigenvalue weighted by molar-refractivity contribution is 5.98. The Hall–Kier alpha value is -4.09. The molecule has 2 N–H and O–H groups in total. The number of benzene rings is 3. The Bertz CT molecular complexity index is 1190. The topological polar surface area (TPSA) is 77.8 Å². The lowest BCUT2D eigenvalue weighted by molar-refractivity contribution is -0.192. The van der Waals surface area contributed by atoms with Crippen molar-refractivity contribution in [1.29, 1.82) is 0 Å². The summed E-state index contributed by atoms with van der Waals surface area (Å²) in [5, 5.41) is 16.8. The molecule has 3 rings (SSSR count). The molecule has 176 valence electrons. The number of halogens is 3. The Morgan fingerprint density at radius 1 is 0.853 bits per heavy atom. The van der Waals surface area contributed by atoms with Crippen molar-refractivity contribution in [3.8, 4) is 23.0 Å². The minimum Gasteiger partial charge on any atom is -0.478 e. The molecule has 8 heteroatoms. The number of carboxylic acids is 2. The number of carboxylic acid groups (broad SMARTS) is 2. The van der Waals surface area contributed by atoms with Gasteiger partial charge in [0, 0.05) is 23.2 Å². The number of hydrogen-bond acceptors (Lipinski definition) is 3. The fraction of sp³-hybridized carbons (Fsp3) is 0.154. The maximum Gasteiger partial charge on any atom is 0.490 e. The first-order chi connectivity index (χ1) is 16.0. The molecule has 0 saturated carbocycles. The van der Waals surface area contributed by atoms with E-state index in [2.05, 4.69) is 16.7 Å². The smallest absolute Gasteiger partial charge is 0.478 e. The van der Waals surface area contributed by atoms with Crippen molar-refractivity contribution in [2.75, 3.05) is 14.1 Å². The zero-order valence-electron chi connectivity index (χ0n) is 18.4. The van der Waals surface area contributed by atoms with Crippen LogP contribution in [0.1, 0.15) is 27.0 Å². The van der Waals surface area contributed by atoms with Gasteiger partial charge < -0.3 is 15.1 Å². The van der Waals surface area contributed by atoms with Crippen molar-refractivity contribution in [1.82, 2.24) is 4.90 Å². The molecule has 0 bridgehead atoms. The molecular weight excluding hydrogens is 447 g/mol. The van der Waals surface area contributed by atoms with Gasteiger partial charge >= 0.3 is 18.1 Å². The molecule has 0 radical (unpaired) electrons. The Labute approximate surface area is 195 Å². The van der Waals surface area contributed by atoms with E-state index in [1.165, 1.54) is 5.56 Å². The van der Waals surface area contributed by atoms with Crippen LogP contribution in [0.15, 0.2) is 72.8 Å². The molecule has 0 spiro atoms. The van der Waals surface area contributed by atoms with E-state index in [4.69, 9.17) is 9.90 Å². The van der Waals surface area contributed by atoms with Crippen LogP contribution < -0.4 is 0 Å². The van der Waals surface area contributed by atoms with Crippen LogP contribution in [0, 0.1) is 11.8 Å². The second-order valence-corrected chi connectivity index (χ2v) is 7.39. The van der Waals surface area contributed by atoms with Crippen LogP contribution in [0.5, 0.6) is 0 Å². The Kier molecular flexibility index (Phi) is 8.99. The minimum atomic E-state index is -5.08. The van der Waals surface area contributed by atoms with Crippen LogP contribution in [0.3, 0.4) is 0 Å². The van der Waals surface area contributed by atoms with Crippen molar-refractivity contribution in [2.24, 2.45) is 0 Å². The van der Waals surface area contributed by atoms with E-state index in [0.29, 0.717) is 11.1 Å². The monoisotopic (exact) mass is 469 g/mol. The summed E-state index contributed by atoms with van der Waals surface area (Å²) < 4.78 is 31.7. The van der Waals surface area contributed by atoms with E-state index >= 15 is 0 Å². The number of hydrogen-bond donors (Lipinski definition) is 2. The van der Waals surface area contributed by atoms with Crippen LogP contribution in [-0.4, -0.2) is 47.3 Å². The van der Waals surface area contributed by atoms with Gasteiger partial charge in [0.05, 0.1) is 5.56 Å². The summed E-state index contributed by atoms with van der Waals surface area (Å²) in [7, 11) is 4.04. The summed E-state index contributed by atoms with van der Waals surface area (Å²) in [5.41, 5.74) is 4.55. The summed E-state index contributed by atoms with van der Waals surface area (Å²) in [6.45, 7) is 0.835. The van der Waals surface area contributed by atoms with E-state index in [-0.39, 0.29) is 5.56 Å². The van der Waals surface area contributed by atoms with Gasteiger partial charge in [-0.3, -0.25) is 0 Å². The average Bonchev–Trinajstić information content (AvgIpc) is 2.78. The normalized spacial score (nSPS) is 10.5. The largest absolute Gasteiger partial charge is 0.490 e. The predicted molar refractivity (Wildman–Crippen MR) is 122 cm³/mol. The Morgan fingerprint density at radius 2 is 1.44 bits per heavy atom. The highest BCUT2D eigenvalue weighted by Gasteiger charge is 2.38. The van der Waals surface area contributed by atoms with Crippen molar-refractivity contribution < 1.29 is 33.0 Å². The van der Waals surface area contributed by atoms with Crippen molar-refractivity contribution in [3.05, 3.63) is 95.1 Å². The number of rotatable bonds is 4. The van der Waals surface area contributed by atoms with E-state index < -0.39 is 18.1 Å². The standard InChI is InChI=1S/C24H21NO2.C2HF3O2/c1-25(2)17-19-12-15-21(16-13-19)23-20(9-6-10-22(23)24(26)27)14-11-18-7-4-3-5-8-18;3-2(4,5)1(6)7/h3-10,12-13,15-16H,17H2,1-2H3,(H,26,27);(H,6,7). The second-order valence-electron chi connectivity index (χ2n) is 7.39. The Balaban J connectivity index is 0.000000509. The number of nitrogens with zero attached hydrogens (tertiary/aromatic N) is 1. The van der Waals surface area contributed by atoms with Crippen LogP contribution >= 0.6 is 0 Å². The molecule has 0 saturated heterocycles. The molecular formula is C26H22F3NO4. The molecule has 0 unspecified atom stereocenters. The van der Waals surface area contributed by atoms with Gasteiger partial charge in [-0.25, -0.2) is 9.59 Å². The SMILES string of the molecule is CN(C)Cc1ccc(-c2c(C#Cc3ccccc3)cccc2C(=O)O)cc1.O=C(O)C(F)(F)F. The quantitative estimate of drug-likeness (QED) is 0.517. The third kappa shape index (κ3) is 7.80. The summed E-state index contributed by atoms with van der Waals surface area (Å²) in [6, 6.07) is 22.9. The molecule has 5 nitrogen and oxygen atoms in total. The van der Waals surface area contributed by atoms with Crippen molar-refractivity contribution in [3.63, 3.8) is 0 Å². The van der Waals surface area contributed by atoms with Gasteiger partial charge in [0.1, 0.15) is 0 Å². The maximum absolute atomic E-state index is 11.8. The lowest BCUT2D eigenvalue weighted by Crippen LogP contribution is -2.21. The van der Waals surface area contributed by atoms with Gasteiger partial charge in [-0.2, -0.15) is 13.2 Å². The third-order valence-electron chi connectivity index (χ3n) is 4.39. The second kappa shape index (κ2) is 11.7. The fourth-order valence-electron chi connectivity index (χ4n) is 2.95. The van der Waals surface area contributed by atoms with Crippen molar-refractivity contribution >= 4 is 11.9 Å². The van der Waals surface area contributed by atoms with Gasteiger partial charge in [0.2, 0.25) is 0 Å². The highest BCUT2D eigenvalue weighted by Crippen LogP contribution is 2.28. The van der Waals surface area contributed by atoms with Gasteiger partial charge in [-0.15, -0.1) is 0 Å². The summed E-state index contributed by atoms with van der Waals surface area (Å²) >= 11 is 0. The van der Waals surface area contributed by atoms with Crippen molar-refractivity contribution in [2.45, 2.75) is 12.7 Å². The third-order valence-corrected chi connectivity index (χ3v) is 4.39. The van der Waals surface area contributed by atoms with Crippen LogP contribution in [0.25, 0.3) is 11.1 Å². The molecule has 3 aromatic rings. The predicted octanol–water partition coefficient (Wildman–Crippen LogP) is 5.15. The summed E-state index contributed by atoms with van der Waals surface area (Å²) in [6.07, 6.45) is -5.08. The van der Waals surface area contributed by atoms with Gasteiger partial charge in [-0.1, -0.05) is 60.4 Å². The van der Waals surface area contributed by atoms with E-state index in [1.807, 2.05) is 74.8 Å². The lowest BCUT2D eigenvalue weighted by Gasteiger charge is -2.12. The molecule has 0 fully saturated rings. The number of alkyl halides is 3. The van der Waals surface area contributed by atoms with E-state index in [0.717, 1.165) is 17.7 Å². The molecule has 0 heterocycles. The molecule has 0 aliphatic carbocycles. The molecule has 0 aliphatic rings. The van der Waals surface area contributed by atoms with E-state index in [9.17, 15) is 23.1 Å². The summed E-state index contributed by atoms with van der Waals surface area (Å²) in [5.74, 6) is 2.56. The zero-order chi connectivity index (χ0) is 25.3. The minimum absolute atomic E-state index is 0.259. The van der Waals surface area contributed by atoms with Gasteiger partial charge in [0.25, 0.3) is 0 Å². The highest BCUT2D eigenvalue weighted by atomic mass is 19.4. The lowest BCUT2D eigenvalue weighted by atomic mass is 9.93. The number of aromatic carboxylic acids is 1. The van der Waals surface area contributed by atoms with Crippen LogP contribution in [0.4, 0.5) is 13.2 Å². The molecule has 0 atom stereocenters. The molecule has 3 aromatic carbocycles. The molecule has 0 aliphatic heterocycles. The van der Waals surface area contributed by atoms with Gasteiger partial charge in [0.15, 0.2) is 0 Å². The Morgan fingerprint density at radius 3 is 1.94 bits per heavy atom. The first-order valence-electron chi connectivity index (χ1n) is 9.96. The first-order valence-corrected chi connectivity index (χ1v) is 9.96. The van der Waals surface area contributed by atoms with Crippen LogP contribution in [-0.2, 0) is 11.3 Å². The van der Waals surface area contributed by atoms with E-state index in [1.54, 1.807) is 12.1 Å². The average molecular weight is 469 g/mol. The van der Waals surface area contributed by atoms with Gasteiger partial charge in [-0.05, 0) is 49.5 Å². The first kappa shape index (κ1) is 26.2. The summed E-state index contributed by atoms with van der Waals surface area (Å²) in [4.78, 5) is 22.8. The molecule has 0 amide bonds. The molecule has 0 aromatic heterocycles. The van der Waals surface area contributed by atoms with Crippen LogP contribution in [0.2, 0.25) is 0 Å². The number of carbonyl (C=O) groups is 2.